The van der Waals surface area contributed by atoms with Crippen molar-refractivity contribution < 1.29 is 47.7 Å². The molecule has 304 valence electrons. The Morgan fingerprint density at radius 2 is 1.17 bits per heavy atom. The molecule has 0 heterocycles. The third-order valence-corrected chi connectivity index (χ3v) is 7.60. The van der Waals surface area contributed by atoms with Gasteiger partial charge in [0.15, 0.2) is 0 Å². The van der Waals surface area contributed by atoms with Crippen LogP contribution in [-0.4, -0.2) is 107 Å². The molecule has 0 aliphatic heterocycles. The molecule has 4 N–H and O–H groups in total. The molecule has 16 heteroatoms. The number of benzene rings is 4. The van der Waals surface area contributed by atoms with Crippen LogP contribution in [0, 0.1) is 0 Å². The number of hydrogen-bond acceptors (Lipinski definition) is 7. The van der Waals surface area contributed by atoms with Gasteiger partial charge in [-0.05, 0) is 91.6 Å². The molecule has 7 nitrogen and oxygen atoms in total. The second-order valence-corrected chi connectivity index (χ2v) is 11.4. The number of allylic oxidation sites excluding steroid dienone is 1. The van der Waals surface area contributed by atoms with Crippen LogP contribution in [0.25, 0.3) is 12.2 Å². The van der Waals surface area contributed by atoms with Crippen LogP contribution in [0.2, 0.25) is 0 Å². The van der Waals surface area contributed by atoms with Crippen molar-refractivity contribution in [1.29, 1.82) is 1.34 Å². The summed E-state index contributed by atoms with van der Waals surface area (Å²) in [5.74, 6) is 0. The number of hydrogen-bond donors (Lipinski definition) is 4. The summed E-state index contributed by atoms with van der Waals surface area (Å²) in [4.78, 5) is 10.5. The predicted octanol–water partition coefficient (Wildman–Crippen LogP) is 2.90. The van der Waals surface area contributed by atoms with E-state index in [1.54, 1.807) is 6.07 Å². The van der Waals surface area contributed by atoms with Crippen LogP contribution in [0.4, 0.5) is 0 Å². The number of aliphatic hydroxyl groups excluding tert-OH is 4. The fraction of sp³-hybridized carbons (Fsp3) is 0.310. The van der Waals surface area contributed by atoms with E-state index in [1.807, 2.05) is 66.7 Å². The van der Waals surface area contributed by atoms with E-state index in [0.717, 1.165) is 74.1 Å². The van der Waals surface area contributed by atoms with Gasteiger partial charge in [0.2, 0.25) is 0 Å². The molecule has 0 spiro atoms. The van der Waals surface area contributed by atoms with E-state index in [1.165, 1.54) is 35.1 Å². The fourth-order valence-corrected chi connectivity index (χ4v) is 4.98. The molecule has 0 saturated heterocycles. The van der Waals surface area contributed by atoms with Crippen molar-refractivity contribution in [3.05, 3.63) is 154 Å². The van der Waals surface area contributed by atoms with Crippen molar-refractivity contribution in [2.75, 3.05) is 19.8 Å². The van der Waals surface area contributed by atoms with Crippen molar-refractivity contribution in [3.63, 3.8) is 0 Å². The molecule has 5 rings (SSSR count). The van der Waals surface area contributed by atoms with E-state index in [2.05, 4.69) is 49.1 Å². The molecule has 0 saturated carbocycles. The van der Waals surface area contributed by atoms with Crippen molar-refractivity contribution >= 4 is 77.6 Å². The standard InChI is InChI=1S/C11H14O.C10H14O2.C10H12O2.C10H10.CH4.B4H6.B4H.Mn.2O/c1-2-10-6-3-4-7-11(10)8-5-9-12;2*11-7-3-6-9-4-1-2-5-10(9)8-12;1-2-6-10-8-4-3-7-9(10)5-1;;1-4(2)3;1-3-4-2;;;/h2-4,6-7,12H,1,5,8-9H2;1-2,4-5,11-12H,3,6-8H2;1-2,4-5,8,11H,3,6-7H2;1-3,5-7H,4,8H2;1H4;1-2H3;3H;;;/q;;;;;-2;;;;/i;;;;;;3T;;;. The third-order valence-electron chi connectivity index (χ3n) is 7.60. The molecule has 7 radical (unpaired) electrons. The van der Waals surface area contributed by atoms with Gasteiger partial charge in [0.1, 0.15) is 6.29 Å². The second-order valence-electron chi connectivity index (χ2n) is 11.2. The van der Waals surface area contributed by atoms with E-state index >= 15 is 0 Å². The van der Waals surface area contributed by atoms with Crippen molar-refractivity contribution in [1.82, 2.24) is 0 Å². The van der Waals surface area contributed by atoms with Crippen LogP contribution in [0.5, 0.6) is 0 Å². The number of aliphatic hydroxyl groups is 4. The first kappa shape index (κ1) is 56.6. The number of aryl methyl sites for hydroxylation is 4. The minimum absolute atomic E-state index is 0. The first-order valence-corrected chi connectivity index (χ1v) is 18.7. The number of fused-ring (bicyclic) bond motifs is 1. The number of aldehydes is 1. The quantitative estimate of drug-likeness (QED) is 0.121. The van der Waals surface area contributed by atoms with Crippen molar-refractivity contribution in [3.8, 4) is 0 Å². The van der Waals surface area contributed by atoms with Crippen LogP contribution in [-0.2, 0) is 54.8 Å². The van der Waals surface area contributed by atoms with E-state index in [4.69, 9.17) is 52.6 Å². The molecule has 0 fully saturated rings. The number of carbonyl (C=O) groups is 1. The summed E-state index contributed by atoms with van der Waals surface area (Å²) < 4.78 is 23.2. The zero-order chi connectivity index (χ0) is 43.8. The molecule has 1 aliphatic carbocycles. The number of carbonyl (C=O) groups excluding carboxylic acids is 1. The zero-order valence-corrected chi connectivity index (χ0v) is 32.8. The summed E-state index contributed by atoms with van der Waals surface area (Å²) in [6.07, 6.45) is 15.2. The van der Waals surface area contributed by atoms with Gasteiger partial charge in [0, 0.05) is 54.9 Å². The Balaban J connectivity index is -0.000000647. The van der Waals surface area contributed by atoms with E-state index in [-0.39, 0.29) is 33.9 Å². The molecule has 0 atom stereocenters. The van der Waals surface area contributed by atoms with Crippen LogP contribution in [0.3, 0.4) is 0 Å². The first-order chi connectivity index (χ1) is 28.0. The molecule has 1 aliphatic rings. The Kier molecular flexibility index (Phi) is 42.1. The van der Waals surface area contributed by atoms with Crippen molar-refractivity contribution in [2.24, 2.45) is 0 Å². The Labute approximate surface area is 364 Å². The predicted molar refractivity (Wildman–Crippen MR) is 255 cm³/mol. The van der Waals surface area contributed by atoms with Gasteiger partial charge in [-0.15, -0.1) is 15.5 Å². The summed E-state index contributed by atoms with van der Waals surface area (Å²) in [5.41, 5.74) is 9.17. The molecule has 58 heavy (non-hydrogen) atoms. The summed E-state index contributed by atoms with van der Waals surface area (Å²) in [6, 6.07) is 31.9. The Bertz CT molecular complexity index is 1640. The second kappa shape index (κ2) is 43.1. The maximum absolute atomic E-state index is 10.5. The number of rotatable bonds is 13. The Morgan fingerprint density at radius 3 is 1.60 bits per heavy atom. The summed E-state index contributed by atoms with van der Waals surface area (Å²) in [5, 5.41) is 34.9. The monoisotopic (exact) mass is 822 g/mol. The first-order valence-electron chi connectivity index (χ1n) is 18.3. The van der Waals surface area contributed by atoms with Crippen LogP contribution in [0.15, 0.2) is 110 Å². The summed E-state index contributed by atoms with van der Waals surface area (Å²) in [6.45, 7) is 4.46. The Morgan fingerprint density at radius 1 is 0.776 bits per heavy atom. The SMILES string of the molecule is C.C1=Cc2ccccc2CC1.C=Cc1ccccc1CCCO.O=Cc1ccccc1CCCO.OCCCc1ccccc1CO.[3H]B([B])[B][B].[B]B([BH3-])[BH3-].[O]=[Mn]=[O]. The van der Waals surface area contributed by atoms with Crippen LogP contribution < -0.4 is 0 Å². The zero-order valence-electron chi connectivity index (χ0n) is 32.6. The molecule has 0 bridgehead atoms. The molecule has 0 amide bonds. The minimum atomic E-state index is -1.44. The summed E-state index contributed by atoms with van der Waals surface area (Å²) >= 11 is -1.44. The van der Waals surface area contributed by atoms with Gasteiger partial charge in [0.05, 0.1) is 6.61 Å². The topological polar surface area (TPSA) is 132 Å². The van der Waals surface area contributed by atoms with Gasteiger partial charge in [-0.2, -0.15) is 0 Å². The molecule has 0 unspecified atom stereocenters. The summed E-state index contributed by atoms with van der Waals surface area (Å²) in [7, 11) is 16.4. The van der Waals surface area contributed by atoms with Gasteiger partial charge in [-0.1, -0.05) is 137 Å². The van der Waals surface area contributed by atoms with Crippen molar-refractivity contribution in [2.45, 2.75) is 65.4 Å². The van der Waals surface area contributed by atoms with Gasteiger partial charge >= 0.3 is 22.5 Å². The normalized spacial score (nSPS) is 9.93. The molecule has 4 aromatic rings. The Hall–Kier alpha value is -3.49. The molecule has 4 aromatic carbocycles. The third kappa shape index (κ3) is 31.5. The fourth-order valence-electron chi connectivity index (χ4n) is 4.98. The van der Waals surface area contributed by atoms with E-state index in [9.17, 15) is 4.79 Å². The van der Waals surface area contributed by atoms with Crippen LogP contribution >= 0.6 is 0 Å². The van der Waals surface area contributed by atoms with Gasteiger partial charge in [0.25, 0.3) is 0 Å². The van der Waals surface area contributed by atoms with Gasteiger partial charge < -0.3 is 20.4 Å². The molecule has 0 aromatic heterocycles. The molecular weight excluding hydrogens is 758 g/mol. The van der Waals surface area contributed by atoms with Gasteiger partial charge in [-0.25, -0.2) is 0 Å². The van der Waals surface area contributed by atoms with Crippen LogP contribution in [0.1, 0.15) is 82.4 Å². The average Bonchev–Trinajstić information content (AvgIpc) is 3.25. The van der Waals surface area contributed by atoms with Gasteiger partial charge in [-0.3, -0.25) is 11.2 Å². The van der Waals surface area contributed by atoms with E-state index in [0.29, 0.717) is 21.9 Å². The average molecular weight is 821 g/mol. The van der Waals surface area contributed by atoms with E-state index < -0.39 is 21.8 Å². The molecular formula is C42H61B8MnO7-2. The maximum atomic E-state index is 10.5.